The molecule has 5 nitrogen and oxygen atoms in total. The number of aryl methyl sites for hydroxylation is 1. The minimum absolute atomic E-state index is 0.0776. The number of benzene rings is 3. The van der Waals surface area contributed by atoms with E-state index in [-0.39, 0.29) is 18.3 Å². The molecule has 1 saturated carbocycles. The van der Waals surface area contributed by atoms with E-state index in [0.717, 1.165) is 46.4 Å². The van der Waals surface area contributed by atoms with Crippen LogP contribution in [-0.4, -0.2) is 26.7 Å². The summed E-state index contributed by atoms with van der Waals surface area (Å²) in [5.74, 6) is 1.72. The average Bonchev–Trinajstić information content (AvgIpc) is 3.51. The molecule has 0 N–H and O–H groups in total. The Bertz CT molecular complexity index is 1340. The molecule has 0 saturated heterocycles. The van der Waals surface area contributed by atoms with Crippen LogP contribution < -0.4 is 9.47 Å². The van der Waals surface area contributed by atoms with E-state index >= 15 is 0 Å². The van der Waals surface area contributed by atoms with E-state index in [4.69, 9.17) is 9.47 Å². The van der Waals surface area contributed by atoms with Gasteiger partial charge in [-0.25, -0.2) is 8.42 Å². The first kappa shape index (κ1) is 21.7. The van der Waals surface area contributed by atoms with Gasteiger partial charge in [-0.15, -0.1) is 0 Å². The van der Waals surface area contributed by atoms with Gasteiger partial charge >= 0.3 is 0 Å². The molecule has 0 radical (unpaired) electrons. The van der Waals surface area contributed by atoms with Crippen LogP contribution in [0.2, 0.25) is 0 Å². The van der Waals surface area contributed by atoms with E-state index in [1.807, 2.05) is 55.5 Å². The highest BCUT2D eigenvalue weighted by atomic mass is 32.2. The summed E-state index contributed by atoms with van der Waals surface area (Å²) < 4.78 is 35.1. The number of rotatable bonds is 7. The van der Waals surface area contributed by atoms with Crippen LogP contribution in [-0.2, 0) is 26.5 Å². The molecule has 3 aromatic carbocycles. The summed E-state index contributed by atoms with van der Waals surface area (Å²) in [5.41, 5.74) is 4.51. The number of carbonyl (C=O) groups is 1. The van der Waals surface area contributed by atoms with Crippen molar-refractivity contribution in [2.24, 2.45) is 0 Å². The maximum atomic E-state index is 13.4. The third kappa shape index (κ3) is 3.93. The third-order valence-electron chi connectivity index (χ3n) is 6.84. The van der Waals surface area contributed by atoms with Crippen molar-refractivity contribution in [2.75, 3.05) is 12.5 Å². The van der Waals surface area contributed by atoms with Crippen molar-refractivity contribution < 1.29 is 22.7 Å². The van der Waals surface area contributed by atoms with Crippen molar-refractivity contribution in [2.45, 2.75) is 43.4 Å². The lowest BCUT2D eigenvalue weighted by Gasteiger charge is -2.17. The molecule has 170 valence electrons. The molecule has 1 fully saturated rings. The first-order valence-corrected chi connectivity index (χ1v) is 12.8. The van der Waals surface area contributed by atoms with Crippen LogP contribution in [0.4, 0.5) is 0 Å². The Labute approximate surface area is 194 Å². The highest BCUT2D eigenvalue weighted by molar-refractivity contribution is 7.91. The number of ether oxygens (including phenoxy) is 2. The van der Waals surface area contributed by atoms with Gasteiger partial charge in [0.15, 0.2) is 21.3 Å². The smallest absolute Gasteiger partial charge is 0.231 e. The molecule has 1 heterocycles. The van der Waals surface area contributed by atoms with Crippen LogP contribution in [0.25, 0.3) is 11.1 Å². The maximum Gasteiger partial charge on any atom is 0.231 e. The lowest BCUT2D eigenvalue weighted by Crippen LogP contribution is -2.22. The average molecular weight is 463 g/mol. The van der Waals surface area contributed by atoms with Gasteiger partial charge in [0.1, 0.15) is 5.78 Å². The molecule has 0 amide bonds. The Morgan fingerprint density at radius 3 is 2.30 bits per heavy atom. The van der Waals surface area contributed by atoms with Crippen molar-refractivity contribution >= 4 is 15.6 Å². The number of hydrogen-bond donors (Lipinski definition) is 0. The summed E-state index contributed by atoms with van der Waals surface area (Å²) in [7, 11) is -3.23. The molecule has 0 atom stereocenters. The molecule has 2 aliphatic rings. The zero-order chi connectivity index (χ0) is 23.2. The van der Waals surface area contributed by atoms with Crippen LogP contribution in [0, 0.1) is 6.92 Å². The second-order valence-corrected chi connectivity index (χ2v) is 11.1. The van der Waals surface area contributed by atoms with Crippen LogP contribution >= 0.6 is 0 Å². The Hall–Kier alpha value is -3.12. The largest absolute Gasteiger partial charge is 0.454 e. The van der Waals surface area contributed by atoms with Crippen LogP contribution in [0.3, 0.4) is 0 Å². The van der Waals surface area contributed by atoms with Gasteiger partial charge in [0.25, 0.3) is 0 Å². The molecule has 1 aliphatic heterocycles. The number of carbonyl (C=O) groups excluding carboxylic acids is 1. The minimum Gasteiger partial charge on any atom is -0.454 e. The van der Waals surface area contributed by atoms with E-state index in [2.05, 4.69) is 0 Å². The van der Waals surface area contributed by atoms with E-state index in [0.29, 0.717) is 17.1 Å². The summed E-state index contributed by atoms with van der Waals surface area (Å²) >= 11 is 0. The summed E-state index contributed by atoms with van der Waals surface area (Å²) in [6.07, 6.45) is 2.05. The van der Waals surface area contributed by atoms with Crippen molar-refractivity contribution in [1.82, 2.24) is 0 Å². The van der Waals surface area contributed by atoms with E-state index in [1.165, 1.54) is 0 Å². The van der Waals surface area contributed by atoms with Crippen molar-refractivity contribution in [3.05, 3.63) is 77.4 Å². The fraction of sp³-hybridized carbons (Fsp3) is 0.296. The molecule has 6 heteroatoms. The molecule has 33 heavy (non-hydrogen) atoms. The maximum absolute atomic E-state index is 13.4. The molecule has 0 aromatic heterocycles. The predicted octanol–water partition coefficient (Wildman–Crippen LogP) is 5.03. The van der Waals surface area contributed by atoms with E-state index in [1.54, 1.807) is 19.1 Å². The standard InChI is InChI=1S/C27H26O5S/c1-3-33(29,30)23-9-6-19(7-10-23)20-5-4-18(2)21(14-20)15-26(28)27(12-13-27)22-8-11-24-25(16-22)32-17-31-24/h4-11,14,16H,3,12-13,15,17H2,1-2H3. The second-order valence-electron chi connectivity index (χ2n) is 8.82. The first-order valence-electron chi connectivity index (χ1n) is 11.2. The molecular formula is C27H26O5S. The zero-order valence-corrected chi connectivity index (χ0v) is 19.6. The minimum atomic E-state index is -3.23. The highest BCUT2D eigenvalue weighted by Crippen LogP contribution is 2.51. The summed E-state index contributed by atoms with van der Waals surface area (Å²) in [6.45, 7) is 3.88. The van der Waals surface area contributed by atoms with Crippen LogP contribution in [0.1, 0.15) is 36.5 Å². The Morgan fingerprint density at radius 2 is 1.61 bits per heavy atom. The second kappa shape index (κ2) is 8.03. The van der Waals surface area contributed by atoms with Crippen LogP contribution in [0.15, 0.2) is 65.6 Å². The van der Waals surface area contributed by atoms with Crippen LogP contribution in [0.5, 0.6) is 11.5 Å². The molecule has 3 aromatic rings. The molecule has 1 aliphatic carbocycles. The Morgan fingerprint density at radius 1 is 0.909 bits per heavy atom. The molecule has 0 spiro atoms. The van der Waals surface area contributed by atoms with E-state index in [9.17, 15) is 13.2 Å². The van der Waals surface area contributed by atoms with Gasteiger partial charge in [-0.2, -0.15) is 0 Å². The molecular weight excluding hydrogens is 436 g/mol. The van der Waals surface area contributed by atoms with E-state index < -0.39 is 15.3 Å². The summed E-state index contributed by atoms with van der Waals surface area (Å²) in [6, 6.07) is 18.9. The van der Waals surface area contributed by atoms with Gasteiger partial charge < -0.3 is 9.47 Å². The molecule has 0 bridgehead atoms. The van der Waals surface area contributed by atoms with Gasteiger partial charge in [-0.3, -0.25) is 4.79 Å². The SMILES string of the molecule is CCS(=O)(=O)c1ccc(-c2ccc(C)c(CC(=O)C3(c4ccc5c(c4)OCO5)CC3)c2)cc1. The summed E-state index contributed by atoms with van der Waals surface area (Å²) in [5, 5.41) is 0. The third-order valence-corrected chi connectivity index (χ3v) is 8.59. The number of fused-ring (bicyclic) bond motifs is 1. The Kier molecular flexibility index (Phi) is 5.28. The van der Waals surface area contributed by atoms with Crippen molar-refractivity contribution in [1.29, 1.82) is 0 Å². The molecule has 5 rings (SSSR count). The Balaban J connectivity index is 1.39. The number of ketones is 1. The lowest BCUT2D eigenvalue weighted by molar-refractivity contribution is -0.120. The van der Waals surface area contributed by atoms with Gasteiger partial charge in [-0.05, 0) is 71.8 Å². The van der Waals surface area contributed by atoms with Gasteiger partial charge in [0, 0.05) is 6.42 Å². The lowest BCUT2D eigenvalue weighted by atomic mass is 9.86. The fourth-order valence-electron chi connectivity index (χ4n) is 4.45. The monoisotopic (exact) mass is 462 g/mol. The first-order chi connectivity index (χ1) is 15.8. The normalized spacial score (nSPS) is 15.9. The highest BCUT2D eigenvalue weighted by Gasteiger charge is 2.50. The number of Topliss-reactive ketones (excluding diaryl/α,β-unsaturated/α-hetero) is 1. The fourth-order valence-corrected chi connectivity index (χ4v) is 5.34. The van der Waals surface area contributed by atoms with Gasteiger partial charge in [0.05, 0.1) is 16.1 Å². The van der Waals surface area contributed by atoms with Crippen molar-refractivity contribution in [3.63, 3.8) is 0 Å². The predicted molar refractivity (Wildman–Crippen MR) is 127 cm³/mol. The quantitative estimate of drug-likeness (QED) is 0.493. The van der Waals surface area contributed by atoms with Crippen molar-refractivity contribution in [3.8, 4) is 22.6 Å². The van der Waals surface area contributed by atoms with Gasteiger partial charge in [-0.1, -0.05) is 43.3 Å². The number of sulfone groups is 1. The molecule has 0 unspecified atom stereocenters. The number of hydrogen-bond acceptors (Lipinski definition) is 5. The topological polar surface area (TPSA) is 69.7 Å². The van der Waals surface area contributed by atoms with Gasteiger partial charge in [0.2, 0.25) is 6.79 Å². The summed E-state index contributed by atoms with van der Waals surface area (Å²) in [4.78, 5) is 13.8. The zero-order valence-electron chi connectivity index (χ0n) is 18.8.